The van der Waals surface area contributed by atoms with Crippen molar-refractivity contribution in [3.8, 4) is 11.4 Å². The Morgan fingerprint density at radius 3 is 2.64 bits per heavy atom. The van der Waals surface area contributed by atoms with Gasteiger partial charge in [0.2, 0.25) is 0 Å². The number of nitrogens with zero attached hydrogens (tertiary/aromatic N) is 3. The minimum atomic E-state index is -0.417. The van der Waals surface area contributed by atoms with Crippen LogP contribution in [0.5, 0.6) is 0 Å². The van der Waals surface area contributed by atoms with E-state index in [9.17, 15) is 13.6 Å². The molecule has 1 amide bonds. The maximum atomic E-state index is 13.5. The molecule has 0 aliphatic carbocycles. The van der Waals surface area contributed by atoms with Gasteiger partial charge in [-0.25, -0.2) is 18.7 Å². The van der Waals surface area contributed by atoms with Crippen LogP contribution in [0.3, 0.4) is 0 Å². The SMILES string of the molecule is O=C(c1cccc(F)c1)N1CCC[C@@H](c2ccnc(-c3ccc(F)cc3)n2)C1. The van der Waals surface area contributed by atoms with Crippen molar-refractivity contribution < 1.29 is 13.6 Å². The zero-order valence-corrected chi connectivity index (χ0v) is 15.2. The molecule has 1 fully saturated rings. The second kappa shape index (κ2) is 7.84. The van der Waals surface area contributed by atoms with Crippen molar-refractivity contribution in [3.05, 3.63) is 83.7 Å². The third kappa shape index (κ3) is 3.91. The molecule has 0 unspecified atom stereocenters. The van der Waals surface area contributed by atoms with Crippen molar-refractivity contribution in [2.75, 3.05) is 13.1 Å². The smallest absolute Gasteiger partial charge is 0.253 e. The Labute approximate surface area is 161 Å². The van der Waals surface area contributed by atoms with Gasteiger partial charge in [-0.05, 0) is 61.4 Å². The largest absolute Gasteiger partial charge is 0.338 e. The fourth-order valence-electron chi connectivity index (χ4n) is 3.55. The minimum absolute atomic E-state index is 0.0773. The third-order valence-corrected chi connectivity index (χ3v) is 4.98. The topological polar surface area (TPSA) is 46.1 Å². The van der Waals surface area contributed by atoms with Gasteiger partial charge in [0.05, 0.1) is 0 Å². The molecule has 2 heterocycles. The Bertz CT molecular complexity index is 991. The summed E-state index contributed by atoms with van der Waals surface area (Å²) in [4.78, 5) is 23.4. The molecule has 0 bridgehead atoms. The highest BCUT2D eigenvalue weighted by atomic mass is 19.1. The number of aromatic nitrogens is 2. The van der Waals surface area contributed by atoms with E-state index in [0.29, 0.717) is 24.5 Å². The van der Waals surface area contributed by atoms with E-state index in [1.165, 1.54) is 24.3 Å². The third-order valence-electron chi connectivity index (χ3n) is 4.98. The predicted molar refractivity (Wildman–Crippen MR) is 102 cm³/mol. The molecule has 28 heavy (non-hydrogen) atoms. The lowest BCUT2D eigenvalue weighted by Crippen LogP contribution is -2.39. The molecule has 3 aromatic rings. The average molecular weight is 379 g/mol. The number of piperidine rings is 1. The second-order valence-electron chi connectivity index (χ2n) is 6.91. The first-order valence-corrected chi connectivity index (χ1v) is 9.24. The van der Waals surface area contributed by atoms with E-state index in [1.54, 1.807) is 35.4 Å². The van der Waals surface area contributed by atoms with Gasteiger partial charge in [0.1, 0.15) is 11.6 Å². The van der Waals surface area contributed by atoms with Gasteiger partial charge in [0.15, 0.2) is 5.82 Å². The van der Waals surface area contributed by atoms with Gasteiger partial charge in [0, 0.05) is 42.0 Å². The summed E-state index contributed by atoms with van der Waals surface area (Å²) in [6.45, 7) is 1.16. The normalized spacial score (nSPS) is 16.8. The molecule has 4 rings (SSSR count). The molecule has 6 heteroatoms. The summed E-state index contributed by atoms with van der Waals surface area (Å²) >= 11 is 0. The Balaban J connectivity index is 1.54. The fraction of sp³-hybridized carbons (Fsp3) is 0.227. The van der Waals surface area contributed by atoms with E-state index < -0.39 is 5.82 Å². The van der Waals surface area contributed by atoms with Gasteiger partial charge in [-0.2, -0.15) is 0 Å². The highest BCUT2D eigenvalue weighted by molar-refractivity contribution is 5.94. The standard InChI is InChI=1S/C22H19F2N3O/c23-18-8-6-15(7-9-18)21-25-11-10-20(26-21)17-4-2-12-27(14-17)22(28)16-3-1-5-19(24)13-16/h1,3,5-11,13,17H,2,4,12,14H2/t17-/m1/s1. The van der Waals surface area contributed by atoms with Crippen LogP contribution < -0.4 is 0 Å². The van der Waals surface area contributed by atoms with Crippen molar-refractivity contribution >= 4 is 5.91 Å². The number of hydrogen-bond acceptors (Lipinski definition) is 3. The number of carbonyl (C=O) groups excluding carboxylic acids is 1. The zero-order chi connectivity index (χ0) is 19.5. The number of rotatable bonds is 3. The monoisotopic (exact) mass is 379 g/mol. The molecule has 0 radical (unpaired) electrons. The molecule has 1 atom stereocenters. The highest BCUT2D eigenvalue weighted by Crippen LogP contribution is 2.28. The lowest BCUT2D eigenvalue weighted by molar-refractivity contribution is 0.0705. The average Bonchev–Trinajstić information content (AvgIpc) is 2.74. The van der Waals surface area contributed by atoms with Crippen LogP contribution in [0.1, 0.15) is 34.8 Å². The number of likely N-dealkylation sites (tertiary alicyclic amines) is 1. The number of carbonyl (C=O) groups is 1. The molecule has 4 nitrogen and oxygen atoms in total. The first-order valence-electron chi connectivity index (χ1n) is 9.24. The molecular weight excluding hydrogens is 360 g/mol. The molecule has 0 saturated carbocycles. The molecule has 0 N–H and O–H groups in total. The lowest BCUT2D eigenvalue weighted by Gasteiger charge is -2.32. The molecule has 1 aromatic heterocycles. The summed E-state index contributed by atoms with van der Waals surface area (Å²) in [5.41, 5.74) is 1.95. The van der Waals surface area contributed by atoms with E-state index in [4.69, 9.17) is 0 Å². The van der Waals surface area contributed by atoms with Crippen LogP contribution in [-0.2, 0) is 0 Å². The summed E-state index contributed by atoms with van der Waals surface area (Å²) < 4.78 is 26.6. The van der Waals surface area contributed by atoms with Crippen molar-refractivity contribution in [2.24, 2.45) is 0 Å². The maximum absolute atomic E-state index is 13.5. The van der Waals surface area contributed by atoms with Gasteiger partial charge in [-0.1, -0.05) is 6.07 Å². The summed E-state index contributed by atoms with van der Waals surface area (Å²) in [6, 6.07) is 13.7. The van der Waals surface area contributed by atoms with E-state index in [-0.39, 0.29) is 17.6 Å². The number of benzene rings is 2. The summed E-state index contributed by atoms with van der Waals surface area (Å²) in [7, 11) is 0. The number of amides is 1. The first-order chi connectivity index (χ1) is 13.6. The zero-order valence-electron chi connectivity index (χ0n) is 15.2. The van der Waals surface area contributed by atoms with Crippen LogP contribution in [0.25, 0.3) is 11.4 Å². The summed E-state index contributed by atoms with van der Waals surface area (Å²) in [5.74, 6) is -0.283. The van der Waals surface area contributed by atoms with E-state index in [1.807, 2.05) is 6.07 Å². The second-order valence-corrected chi connectivity index (χ2v) is 6.91. The van der Waals surface area contributed by atoms with Gasteiger partial charge in [0.25, 0.3) is 5.91 Å². The molecular formula is C22H19F2N3O. The van der Waals surface area contributed by atoms with Gasteiger partial charge in [-0.3, -0.25) is 4.79 Å². The molecule has 2 aromatic carbocycles. The van der Waals surface area contributed by atoms with Gasteiger partial charge in [-0.15, -0.1) is 0 Å². The summed E-state index contributed by atoms with van der Waals surface area (Å²) in [5, 5.41) is 0. The molecule has 1 aliphatic heterocycles. The lowest BCUT2D eigenvalue weighted by atomic mass is 9.94. The van der Waals surface area contributed by atoms with E-state index in [0.717, 1.165) is 24.1 Å². The van der Waals surface area contributed by atoms with Crippen LogP contribution >= 0.6 is 0 Å². The quantitative estimate of drug-likeness (QED) is 0.676. The van der Waals surface area contributed by atoms with Crippen molar-refractivity contribution in [3.63, 3.8) is 0 Å². The molecule has 0 spiro atoms. The minimum Gasteiger partial charge on any atom is -0.338 e. The molecule has 1 aliphatic rings. The van der Waals surface area contributed by atoms with Gasteiger partial charge < -0.3 is 4.90 Å². The Morgan fingerprint density at radius 2 is 1.86 bits per heavy atom. The maximum Gasteiger partial charge on any atom is 0.253 e. The molecule has 1 saturated heterocycles. The van der Waals surface area contributed by atoms with Gasteiger partial charge >= 0.3 is 0 Å². The highest BCUT2D eigenvalue weighted by Gasteiger charge is 2.26. The van der Waals surface area contributed by atoms with Crippen LogP contribution in [0.4, 0.5) is 8.78 Å². The number of halogens is 2. The van der Waals surface area contributed by atoms with Crippen LogP contribution in [0.15, 0.2) is 60.8 Å². The fourth-order valence-corrected chi connectivity index (χ4v) is 3.55. The van der Waals surface area contributed by atoms with Crippen molar-refractivity contribution in [1.82, 2.24) is 14.9 Å². The van der Waals surface area contributed by atoms with Crippen molar-refractivity contribution in [2.45, 2.75) is 18.8 Å². The van der Waals surface area contributed by atoms with E-state index >= 15 is 0 Å². The Morgan fingerprint density at radius 1 is 1.04 bits per heavy atom. The summed E-state index contributed by atoms with van der Waals surface area (Å²) in [6.07, 6.45) is 3.45. The van der Waals surface area contributed by atoms with Crippen molar-refractivity contribution in [1.29, 1.82) is 0 Å². The van der Waals surface area contributed by atoms with Crippen LogP contribution in [0.2, 0.25) is 0 Å². The van der Waals surface area contributed by atoms with E-state index in [2.05, 4.69) is 9.97 Å². The first kappa shape index (κ1) is 18.2. The predicted octanol–water partition coefficient (Wildman–Crippen LogP) is 4.44. The Hall–Kier alpha value is -3.15. The Kier molecular flexibility index (Phi) is 5.10. The molecule has 142 valence electrons. The number of hydrogen-bond donors (Lipinski definition) is 0. The van der Waals surface area contributed by atoms with Crippen LogP contribution in [0, 0.1) is 11.6 Å². The van der Waals surface area contributed by atoms with Crippen LogP contribution in [-0.4, -0.2) is 33.9 Å².